The van der Waals surface area contributed by atoms with Crippen molar-refractivity contribution >= 4 is 10.8 Å². The van der Waals surface area contributed by atoms with Crippen molar-refractivity contribution in [1.82, 2.24) is 15.0 Å². The minimum Gasteiger partial charge on any atom is -0.449 e. The van der Waals surface area contributed by atoms with Crippen LogP contribution < -0.4 is 9.47 Å². The molecule has 2 heterocycles. The van der Waals surface area contributed by atoms with Crippen LogP contribution in [0, 0.1) is 0 Å². The van der Waals surface area contributed by atoms with Gasteiger partial charge in [-0.3, -0.25) is 0 Å². The van der Waals surface area contributed by atoms with Gasteiger partial charge in [-0.25, -0.2) is 15.0 Å². The molecule has 0 fully saturated rings. The predicted molar refractivity (Wildman–Crippen MR) is 203 cm³/mol. The molecule has 51 heavy (non-hydrogen) atoms. The number of para-hydroxylation sites is 1. The van der Waals surface area contributed by atoms with E-state index < -0.39 is 0 Å². The van der Waals surface area contributed by atoms with Crippen molar-refractivity contribution in [3.63, 3.8) is 0 Å². The van der Waals surface area contributed by atoms with E-state index in [2.05, 4.69) is 117 Å². The van der Waals surface area contributed by atoms with Crippen LogP contribution in [0.5, 0.6) is 23.0 Å². The molecular weight excluding hydrogens is 627 g/mol. The summed E-state index contributed by atoms with van der Waals surface area (Å²) < 4.78 is 13.2. The zero-order valence-corrected chi connectivity index (χ0v) is 28.1. The van der Waals surface area contributed by atoms with Crippen LogP contribution in [-0.2, 0) is 5.41 Å². The molecule has 0 spiro atoms. The molecule has 8 aromatic rings. The standard InChI is InChI=1S/C46H31N3O2/c1-46(2)37-17-9-8-15-35(37)36-26-40-41(27-38(36)46)50-39-18-10-16-34(42(39)51-40)29-20-22-31(23-21-29)44-47-43(30-12-4-3-5-13-30)48-45(49-44)33-24-19-28-11-6-7-14-32(28)25-33/h3-27H,1-2H3. The lowest BCUT2D eigenvalue weighted by molar-refractivity contribution is 0.360. The normalized spacial score (nSPS) is 13.4. The lowest BCUT2D eigenvalue weighted by atomic mass is 9.82. The largest absolute Gasteiger partial charge is 0.449 e. The van der Waals surface area contributed by atoms with Crippen LogP contribution in [0.25, 0.3) is 67.2 Å². The van der Waals surface area contributed by atoms with Crippen LogP contribution in [0.4, 0.5) is 0 Å². The summed E-state index contributed by atoms with van der Waals surface area (Å²) >= 11 is 0. The van der Waals surface area contributed by atoms with Crippen molar-refractivity contribution in [1.29, 1.82) is 0 Å². The average Bonchev–Trinajstić information content (AvgIpc) is 3.41. The summed E-state index contributed by atoms with van der Waals surface area (Å²) in [5, 5.41) is 2.31. The van der Waals surface area contributed by atoms with Crippen molar-refractivity contribution in [2.75, 3.05) is 0 Å². The second-order valence-corrected chi connectivity index (χ2v) is 13.7. The van der Waals surface area contributed by atoms with Gasteiger partial charge < -0.3 is 9.47 Å². The summed E-state index contributed by atoms with van der Waals surface area (Å²) in [6.07, 6.45) is 0. The average molecular weight is 658 g/mol. The Bertz CT molecular complexity index is 2670. The predicted octanol–water partition coefficient (Wildman–Crippen LogP) is 11.9. The van der Waals surface area contributed by atoms with Gasteiger partial charge in [0.25, 0.3) is 0 Å². The van der Waals surface area contributed by atoms with Gasteiger partial charge >= 0.3 is 0 Å². The summed E-state index contributed by atoms with van der Waals surface area (Å²) in [5.74, 6) is 4.73. The fourth-order valence-electron chi connectivity index (χ4n) is 7.50. The molecule has 1 aromatic heterocycles. The summed E-state index contributed by atoms with van der Waals surface area (Å²) in [4.78, 5) is 14.9. The van der Waals surface area contributed by atoms with Crippen LogP contribution >= 0.6 is 0 Å². The van der Waals surface area contributed by atoms with E-state index >= 15 is 0 Å². The summed E-state index contributed by atoms with van der Waals surface area (Å²) in [5.41, 5.74) is 9.61. The van der Waals surface area contributed by atoms with Crippen LogP contribution in [0.3, 0.4) is 0 Å². The van der Waals surface area contributed by atoms with Gasteiger partial charge in [-0.2, -0.15) is 0 Å². The third kappa shape index (κ3) is 4.81. The van der Waals surface area contributed by atoms with Crippen LogP contribution in [0.1, 0.15) is 25.0 Å². The Morgan fingerprint density at radius 1 is 0.392 bits per heavy atom. The number of aromatic nitrogens is 3. The zero-order valence-electron chi connectivity index (χ0n) is 28.1. The highest BCUT2D eigenvalue weighted by molar-refractivity contribution is 5.87. The Hall–Kier alpha value is -6.59. The summed E-state index contributed by atoms with van der Waals surface area (Å²) in [7, 11) is 0. The highest BCUT2D eigenvalue weighted by atomic mass is 16.6. The molecule has 0 N–H and O–H groups in total. The minimum atomic E-state index is -0.120. The smallest absolute Gasteiger partial charge is 0.177 e. The third-order valence-electron chi connectivity index (χ3n) is 10.2. The highest BCUT2D eigenvalue weighted by Crippen LogP contribution is 2.56. The van der Waals surface area contributed by atoms with E-state index in [0.29, 0.717) is 29.0 Å². The maximum Gasteiger partial charge on any atom is 0.177 e. The van der Waals surface area contributed by atoms with E-state index in [1.54, 1.807) is 0 Å². The number of nitrogens with zero attached hydrogens (tertiary/aromatic N) is 3. The molecule has 242 valence electrons. The van der Waals surface area contributed by atoms with Crippen LogP contribution in [0.15, 0.2) is 152 Å². The van der Waals surface area contributed by atoms with E-state index in [1.165, 1.54) is 27.6 Å². The molecule has 5 heteroatoms. The zero-order chi connectivity index (χ0) is 34.1. The third-order valence-corrected chi connectivity index (χ3v) is 10.2. The molecule has 7 aromatic carbocycles. The van der Waals surface area contributed by atoms with Gasteiger partial charge in [0.05, 0.1) is 0 Å². The van der Waals surface area contributed by atoms with Gasteiger partial charge in [-0.05, 0) is 62.9 Å². The first-order valence-corrected chi connectivity index (χ1v) is 17.2. The van der Waals surface area contributed by atoms with Crippen molar-refractivity contribution in [2.45, 2.75) is 19.3 Å². The van der Waals surface area contributed by atoms with Crippen molar-refractivity contribution < 1.29 is 9.47 Å². The van der Waals surface area contributed by atoms with E-state index in [0.717, 1.165) is 44.7 Å². The molecule has 0 amide bonds. The topological polar surface area (TPSA) is 57.1 Å². The molecule has 0 saturated carbocycles. The number of ether oxygens (including phenoxy) is 2. The Labute approximate surface area is 295 Å². The molecule has 0 bridgehead atoms. The fraction of sp³-hybridized carbons (Fsp3) is 0.0652. The quantitative estimate of drug-likeness (QED) is 0.188. The lowest BCUT2D eigenvalue weighted by Gasteiger charge is -2.26. The van der Waals surface area contributed by atoms with E-state index in [4.69, 9.17) is 24.4 Å². The van der Waals surface area contributed by atoms with Crippen molar-refractivity contribution in [3.05, 3.63) is 163 Å². The van der Waals surface area contributed by atoms with E-state index in [1.807, 2.05) is 48.5 Å². The minimum absolute atomic E-state index is 0.120. The Balaban J connectivity index is 1.02. The van der Waals surface area contributed by atoms with E-state index in [-0.39, 0.29) is 5.41 Å². The molecule has 1 aliphatic carbocycles. The number of hydrogen-bond acceptors (Lipinski definition) is 5. The summed E-state index contributed by atoms with van der Waals surface area (Å²) in [6, 6.07) is 52.0. The van der Waals surface area contributed by atoms with Crippen molar-refractivity contribution in [3.8, 4) is 79.4 Å². The number of rotatable bonds is 4. The first-order valence-electron chi connectivity index (χ1n) is 17.2. The molecule has 0 saturated heterocycles. The fourth-order valence-corrected chi connectivity index (χ4v) is 7.50. The number of benzene rings is 7. The van der Waals surface area contributed by atoms with Gasteiger partial charge in [0.15, 0.2) is 40.5 Å². The Morgan fingerprint density at radius 2 is 1.00 bits per heavy atom. The Kier molecular flexibility index (Phi) is 6.46. The van der Waals surface area contributed by atoms with Gasteiger partial charge in [0, 0.05) is 27.7 Å². The number of hydrogen-bond donors (Lipinski definition) is 0. The molecule has 2 aliphatic rings. The maximum absolute atomic E-state index is 6.69. The SMILES string of the molecule is CC1(C)c2ccccc2-c2cc3c(cc21)Oc1cccc(-c2ccc(-c4nc(-c5ccccc5)nc(-c5ccc6ccccc6c5)n4)cc2)c1O3. The first-order chi connectivity index (χ1) is 25.0. The van der Waals surface area contributed by atoms with Gasteiger partial charge in [-0.1, -0.05) is 141 Å². The monoisotopic (exact) mass is 657 g/mol. The molecule has 5 nitrogen and oxygen atoms in total. The molecule has 0 radical (unpaired) electrons. The highest BCUT2D eigenvalue weighted by Gasteiger charge is 2.37. The van der Waals surface area contributed by atoms with Crippen molar-refractivity contribution in [2.24, 2.45) is 0 Å². The lowest BCUT2D eigenvalue weighted by Crippen LogP contribution is -2.15. The number of fused-ring (bicyclic) bond motifs is 6. The molecular formula is C46H31N3O2. The molecule has 1 aliphatic heterocycles. The Morgan fingerprint density at radius 3 is 1.80 bits per heavy atom. The second-order valence-electron chi connectivity index (χ2n) is 13.7. The molecule has 10 rings (SSSR count). The first kappa shape index (κ1) is 29.3. The van der Waals surface area contributed by atoms with Gasteiger partial charge in [-0.15, -0.1) is 0 Å². The molecule has 0 atom stereocenters. The van der Waals surface area contributed by atoms with E-state index in [9.17, 15) is 0 Å². The van der Waals surface area contributed by atoms with Gasteiger partial charge in [0.1, 0.15) is 0 Å². The van der Waals surface area contributed by atoms with Crippen LogP contribution in [-0.4, -0.2) is 15.0 Å². The van der Waals surface area contributed by atoms with Crippen LogP contribution in [0.2, 0.25) is 0 Å². The van der Waals surface area contributed by atoms with Gasteiger partial charge in [0.2, 0.25) is 0 Å². The maximum atomic E-state index is 6.69. The second kappa shape index (κ2) is 11.2. The summed E-state index contributed by atoms with van der Waals surface area (Å²) in [6.45, 7) is 4.54. The molecule has 0 unspecified atom stereocenters.